The molecule has 2 heterocycles. The highest BCUT2D eigenvalue weighted by atomic mass is 79.9. The molecule has 2 N–H and O–H groups in total. The van der Waals surface area contributed by atoms with E-state index in [9.17, 15) is 4.39 Å². The SMILES string of the molecule is Cc1ccc(Nc2ncc(F)c(NC3CC(C)(C)N(C)C(C)(C)C3)n2)cc1Br. The van der Waals surface area contributed by atoms with Crippen molar-refractivity contribution in [1.82, 2.24) is 14.9 Å². The van der Waals surface area contributed by atoms with Gasteiger partial charge in [0.1, 0.15) is 0 Å². The molecule has 0 aliphatic carbocycles. The van der Waals surface area contributed by atoms with Crippen LogP contribution in [0.2, 0.25) is 0 Å². The lowest BCUT2D eigenvalue weighted by Crippen LogP contribution is -2.61. The highest BCUT2D eigenvalue weighted by Gasteiger charge is 2.43. The van der Waals surface area contributed by atoms with Crippen LogP contribution in [0.5, 0.6) is 0 Å². The molecule has 0 saturated carbocycles. The summed E-state index contributed by atoms with van der Waals surface area (Å²) in [5.74, 6) is 0.168. The van der Waals surface area contributed by atoms with E-state index in [2.05, 4.69) is 76.2 Å². The molecule has 0 atom stereocenters. The number of anilines is 3. The number of benzene rings is 1. The normalized spacial score (nSPS) is 19.4. The minimum Gasteiger partial charge on any atom is -0.365 e. The quantitative estimate of drug-likeness (QED) is 0.645. The molecule has 5 nitrogen and oxygen atoms in total. The Bertz CT molecular complexity index is 850. The van der Waals surface area contributed by atoms with Gasteiger partial charge in [0.15, 0.2) is 11.6 Å². The van der Waals surface area contributed by atoms with Crippen LogP contribution in [0.1, 0.15) is 46.1 Å². The first-order chi connectivity index (χ1) is 13.0. The minimum atomic E-state index is -0.440. The third-order valence-electron chi connectivity index (χ3n) is 5.82. The molecule has 2 aromatic rings. The molecule has 152 valence electrons. The zero-order valence-electron chi connectivity index (χ0n) is 17.4. The summed E-state index contributed by atoms with van der Waals surface area (Å²) in [5, 5.41) is 6.47. The van der Waals surface area contributed by atoms with Gasteiger partial charge in [0.05, 0.1) is 6.20 Å². The van der Waals surface area contributed by atoms with Crippen molar-refractivity contribution in [1.29, 1.82) is 0 Å². The molecular formula is C21H29BrFN5. The topological polar surface area (TPSA) is 53.1 Å². The lowest BCUT2D eigenvalue weighted by molar-refractivity contribution is -0.00778. The van der Waals surface area contributed by atoms with E-state index >= 15 is 0 Å². The van der Waals surface area contributed by atoms with Crippen LogP contribution in [0, 0.1) is 12.7 Å². The Kier molecular flexibility index (Phi) is 5.69. The van der Waals surface area contributed by atoms with E-state index < -0.39 is 5.82 Å². The highest BCUT2D eigenvalue weighted by Crippen LogP contribution is 2.38. The van der Waals surface area contributed by atoms with Crippen LogP contribution >= 0.6 is 15.9 Å². The number of nitrogens with one attached hydrogen (secondary N) is 2. The molecule has 0 radical (unpaired) electrons. The second-order valence-electron chi connectivity index (χ2n) is 8.91. The van der Waals surface area contributed by atoms with E-state index in [-0.39, 0.29) is 22.9 Å². The smallest absolute Gasteiger partial charge is 0.229 e. The first-order valence-corrected chi connectivity index (χ1v) is 10.3. The lowest BCUT2D eigenvalue weighted by atomic mass is 9.77. The number of halogens is 2. The van der Waals surface area contributed by atoms with Crippen LogP contribution in [-0.2, 0) is 0 Å². The number of piperidine rings is 1. The molecule has 7 heteroatoms. The predicted molar refractivity (Wildman–Crippen MR) is 117 cm³/mol. The van der Waals surface area contributed by atoms with Gasteiger partial charge in [-0.05, 0) is 72.2 Å². The van der Waals surface area contributed by atoms with E-state index in [0.29, 0.717) is 5.95 Å². The zero-order chi connectivity index (χ0) is 20.7. The zero-order valence-corrected chi connectivity index (χ0v) is 19.0. The molecule has 1 aliphatic rings. The standard InChI is InChI=1S/C21H29BrFN5/c1-13-7-8-14(9-16(13)22)26-19-24-12-17(23)18(27-19)25-15-10-20(2,3)28(6)21(4,5)11-15/h7-9,12,15H,10-11H2,1-6H3,(H2,24,25,26,27). The molecule has 3 rings (SSSR count). The number of aryl methyl sites for hydroxylation is 1. The van der Waals surface area contributed by atoms with Crippen molar-refractivity contribution in [3.63, 3.8) is 0 Å². The van der Waals surface area contributed by atoms with Crippen LogP contribution in [0.4, 0.5) is 21.8 Å². The van der Waals surface area contributed by atoms with E-state index in [1.54, 1.807) is 0 Å². The first-order valence-electron chi connectivity index (χ1n) is 9.54. The summed E-state index contributed by atoms with van der Waals surface area (Å²) in [6, 6.07) is 6.03. The van der Waals surface area contributed by atoms with Crippen molar-refractivity contribution < 1.29 is 4.39 Å². The fourth-order valence-electron chi connectivity index (χ4n) is 4.00. The number of rotatable bonds is 4. The minimum absolute atomic E-state index is 0.0121. The van der Waals surface area contributed by atoms with Crippen molar-refractivity contribution in [2.75, 3.05) is 17.7 Å². The summed E-state index contributed by atoms with van der Waals surface area (Å²) < 4.78 is 15.4. The van der Waals surface area contributed by atoms with Gasteiger partial charge >= 0.3 is 0 Å². The maximum atomic E-state index is 14.4. The maximum absolute atomic E-state index is 14.4. The first kappa shape index (κ1) is 21.0. The molecule has 1 fully saturated rings. The van der Waals surface area contributed by atoms with E-state index in [4.69, 9.17) is 0 Å². The van der Waals surface area contributed by atoms with Gasteiger partial charge in [-0.3, -0.25) is 4.90 Å². The second kappa shape index (κ2) is 7.59. The molecular weight excluding hydrogens is 421 g/mol. The van der Waals surface area contributed by atoms with Crippen LogP contribution in [0.3, 0.4) is 0 Å². The van der Waals surface area contributed by atoms with Gasteiger partial charge in [0.2, 0.25) is 5.95 Å². The van der Waals surface area contributed by atoms with Gasteiger partial charge in [-0.2, -0.15) is 4.98 Å². The van der Waals surface area contributed by atoms with Gasteiger partial charge in [0, 0.05) is 27.3 Å². The molecule has 0 bridgehead atoms. The maximum Gasteiger partial charge on any atom is 0.229 e. The Hall–Kier alpha value is -1.73. The monoisotopic (exact) mass is 449 g/mol. The van der Waals surface area contributed by atoms with Crippen molar-refractivity contribution in [3.05, 3.63) is 40.2 Å². The van der Waals surface area contributed by atoms with Gasteiger partial charge in [0.25, 0.3) is 0 Å². The van der Waals surface area contributed by atoms with Gasteiger partial charge < -0.3 is 10.6 Å². The molecule has 1 saturated heterocycles. The van der Waals surface area contributed by atoms with Gasteiger partial charge in [-0.25, -0.2) is 9.37 Å². The van der Waals surface area contributed by atoms with Crippen LogP contribution in [0.25, 0.3) is 0 Å². The number of aromatic nitrogens is 2. The molecule has 1 aromatic carbocycles. The Morgan fingerprint density at radius 3 is 2.43 bits per heavy atom. The number of hydrogen-bond acceptors (Lipinski definition) is 5. The Morgan fingerprint density at radius 1 is 1.18 bits per heavy atom. The van der Waals surface area contributed by atoms with E-state index in [0.717, 1.165) is 28.6 Å². The molecule has 0 amide bonds. The van der Waals surface area contributed by atoms with Crippen molar-refractivity contribution in [2.45, 2.75) is 64.6 Å². The van der Waals surface area contributed by atoms with Gasteiger partial charge in [-0.15, -0.1) is 0 Å². The average molecular weight is 450 g/mol. The summed E-state index contributed by atoms with van der Waals surface area (Å²) in [4.78, 5) is 10.9. The summed E-state index contributed by atoms with van der Waals surface area (Å²) in [7, 11) is 2.16. The average Bonchev–Trinajstić information content (AvgIpc) is 2.58. The largest absolute Gasteiger partial charge is 0.365 e. The van der Waals surface area contributed by atoms with E-state index in [1.165, 1.54) is 6.20 Å². The summed E-state index contributed by atoms with van der Waals surface area (Å²) in [6.45, 7) is 10.9. The second-order valence-corrected chi connectivity index (χ2v) is 9.77. The van der Waals surface area contributed by atoms with E-state index in [1.807, 2.05) is 25.1 Å². The van der Waals surface area contributed by atoms with Gasteiger partial charge in [-0.1, -0.05) is 22.0 Å². The third kappa shape index (κ3) is 4.46. The molecule has 0 spiro atoms. The molecule has 28 heavy (non-hydrogen) atoms. The fourth-order valence-corrected chi connectivity index (χ4v) is 4.37. The Morgan fingerprint density at radius 2 is 1.82 bits per heavy atom. The van der Waals surface area contributed by atoms with Crippen molar-refractivity contribution in [3.8, 4) is 0 Å². The predicted octanol–water partition coefficient (Wildman–Crippen LogP) is 5.49. The summed E-state index contributed by atoms with van der Waals surface area (Å²) in [6.07, 6.45) is 3.03. The van der Waals surface area contributed by atoms with Crippen LogP contribution in [0.15, 0.2) is 28.9 Å². The molecule has 0 unspecified atom stereocenters. The van der Waals surface area contributed by atoms with Crippen LogP contribution < -0.4 is 10.6 Å². The Balaban J connectivity index is 1.79. The lowest BCUT2D eigenvalue weighted by Gasteiger charge is -2.53. The van der Waals surface area contributed by atoms with Crippen LogP contribution in [-0.4, -0.2) is 39.0 Å². The third-order valence-corrected chi connectivity index (χ3v) is 6.68. The Labute approximate surface area is 175 Å². The number of hydrogen-bond donors (Lipinski definition) is 2. The highest BCUT2D eigenvalue weighted by molar-refractivity contribution is 9.10. The van der Waals surface area contributed by atoms with Crippen molar-refractivity contribution >= 4 is 33.4 Å². The summed E-state index contributed by atoms with van der Waals surface area (Å²) >= 11 is 3.52. The molecule has 1 aromatic heterocycles. The van der Waals surface area contributed by atoms with Crippen molar-refractivity contribution in [2.24, 2.45) is 0 Å². The number of likely N-dealkylation sites (tertiary alicyclic amines) is 1. The fraction of sp³-hybridized carbons (Fsp3) is 0.524. The molecule has 1 aliphatic heterocycles. The number of nitrogens with zero attached hydrogens (tertiary/aromatic N) is 3. The summed E-state index contributed by atoms with van der Waals surface area (Å²) in [5.41, 5.74) is 2.01.